The van der Waals surface area contributed by atoms with Crippen LogP contribution >= 0.6 is 34.2 Å². The highest BCUT2D eigenvalue weighted by Crippen LogP contribution is 2.20. The Morgan fingerprint density at radius 3 is 2.46 bits per heavy atom. The van der Waals surface area contributed by atoms with Gasteiger partial charge in [-0.3, -0.25) is 5.43 Å². The number of hydrogen-bond donors (Lipinski definition) is 1. The van der Waals surface area contributed by atoms with E-state index in [0.717, 1.165) is 16.8 Å². The Bertz CT molecular complexity index is 864. The Morgan fingerprint density at radius 2 is 1.75 bits per heavy atom. The molecule has 120 valence electrons. The molecule has 3 rings (SSSR count). The van der Waals surface area contributed by atoms with Crippen molar-refractivity contribution in [2.24, 2.45) is 5.10 Å². The Morgan fingerprint density at radius 1 is 1.04 bits per heavy atom. The van der Waals surface area contributed by atoms with E-state index in [-0.39, 0.29) is 0 Å². The zero-order valence-electron chi connectivity index (χ0n) is 12.9. The van der Waals surface area contributed by atoms with Crippen LogP contribution in [-0.4, -0.2) is 15.7 Å². The molecule has 4 nitrogen and oxygen atoms in total. The highest BCUT2D eigenvalue weighted by molar-refractivity contribution is 14.1. The van der Waals surface area contributed by atoms with Crippen LogP contribution in [-0.2, 0) is 0 Å². The molecule has 0 aliphatic heterocycles. The van der Waals surface area contributed by atoms with E-state index in [1.54, 1.807) is 6.07 Å². The summed E-state index contributed by atoms with van der Waals surface area (Å²) >= 11 is 8.39. The second-order valence-corrected chi connectivity index (χ2v) is 6.71. The van der Waals surface area contributed by atoms with Gasteiger partial charge in [-0.15, -0.1) is 0 Å². The van der Waals surface area contributed by atoms with Gasteiger partial charge in [-0.2, -0.15) is 5.10 Å². The third kappa shape index (κ3) is 4.30. The van der Waals surface area contributed by atoms with E-state index < -0.39 is 0 Å². The van der Waals surface area contributed by atoms with Crippen molar-refractivity contribution in [3.05, 3.63) is 75.0 Å². The van der Waals surface area contributed by atoms with Gasteiger partial charge in [0.15, 0.2) is 11.6 Å². The lowest BCUT2D eigenvalue weighted by molar-refractivity contribution is 1.14. The number of benzene rings is 2. The van der Waals surface area contributed by atoms with Crippen LogP contribution in [0, 0.1) is 3.57 Å². The van der Waals surface area contributed by atoms with Crippen LogP contribution in [0.3, 0.4) is 0 Å². The minimum absolute atomic E-state index is 0.369. The summed E-state index contributed by atoms with van der Waals surface area (Å²) in [5.74, 6) is 1.12. The standard InChI is InChI=1S/C18H14ClIN4/c1-12(13-7-9-15(20)10-8-13)23-24-17-11-16(19)21-18(22-17)14-5-3-2-4-6-14/h2-11H,1H3,(H,21,22,24). The normalized spacial score (nSPS) is 11.4. The summed E-state index contributed by atoms with van der Waals surface area (Å²) in [4.78, 5) is 8.73. The molecule has 1 N–H and O–H groups in total. The minimum Gasteiger partial charge on any atom is -0.261 e. The second kappa shape index (κ2) is 7.72. The van der Waals surface area contributed by atoms with Crippen LogP contribution < -0.4 is 5.43 Å². The summed E-state index contributed by atoms with van der Waals surface area (Å²) in [7, 11) is 0. The maximum atomic E-state index is 6.11. The van der Waals surface area contributed by atoms with Crippen LogP contribution in [0.5, 0.6) is 0 Å². The first-order valence-corrected chi connectivity index (χ1v) is 8.74. The van der Waals surface area contributed by atoms with E-state index in [0.29, 0.717) is 16.8 Å². The van der Waals surface area contributed by atoms with Crippen LogP contribution in [0.1, 0.15) is 12.5 Å². The molecule has 0 spiro atoms. The fourth-order valence-corrected chi connectivity index (χ4v) is 2.63. The number of hydrogen-bond acceptors (Lipinski definition) is 4. The quantitative estimate of drug-likeness (QED) is 0.257. The van der Waals surface area contributed by atoms with Crippen molar-refractivity contribution in [2.45, 2.75) is 6.92 Å². The molecule has 0 fully saturated rings. The molecule has 0 unspecified atom stereocenters. The number of hydrazone groups is 1. The summed E-state index contributed by atoms with van der Waals surface area (Å²) in [6.07, 6.45) is 0. The molecule has 0 atom stereocenters. The van der Waals surface area contributed by atoms with Gasteiger partial charge in [0.25, 0.3) is 0 Å². The number of anilines is 1. The largest absolute Gasteiger partial charge is 0.261 e. The van der Waals surface area contributed by atoms with Gasteiger partial charge in [-0.1, -0.05) is 54.1 Å². The van der Waals surface area contributed by atoms with Crippen molar-refractivity contribution in [1.82, 2.24) is 9.97 Å². The van der Waals surface area contributed by atoms with E-state index in [2.05, 4.69) is 43.1 Å². The van der Waals surface area contributed by atoms with Gasteiger partial charge in [-0.05, 0) is 47.2 Å². The molecule has 0 saturated heterocycles. The highest BCUT2D eigenvalue weighted by Gasteiger charge is 2.05. The minimum atomic E-state index is 0.369. The van der Waals surface area contributed by atoms with E-state index in [9.17, 15) is 0 Å². The van der Waals surface area contributed by atoms with Gasteiger partial charge in [0.1, 0.15) is 5.15 Å². The molecule has 2 aromatic carbocycles. The lowest BCUT2D eigenvalue weighted by Crippen LogP contribution is -2.02. The molecule has 6 heteroatoms. The van der Waals surface area contributed by atoms with Crippen LogP contribution in [0.2, 0.25) is 5.15 Å². The van der Waals surface area contributed by atoms with Gasteiger partial charge in [-0.25, -0.2) is 9.97 Å². The molecule has 0 radical (unpaired) electrons. The van der Waals surface area contributed by atoms with Crippen LogP contribution in [0.25, 0.3) is 11.4 Å². The zero-order chi connectivity index (χ0) is 16.9. The second-order valence-electron chi connectivity index (χ2n) is 5.08. The lowest BCUT2D eigenvalue weighted by atomic mass is 10.1. The molecule has 0 saturated carbocycles. The first kappa shape index (κ1) is 16.9. The summed E-state index contributed by atoms with van der Waals surface area (Å²) < 4.78 is 1.19. The predicted molar refractivity (Wildman–Crippen MR) is 107 cm³/mol. The topological polar surface area (TPSA) is 50.2 Å². The molecule has 3 aromatic rings. The maximum absolute atomic E-state index is 6.11. The van der Waals surface area contributed by atoms with E-state index >= 15 is 0 Å². The summed E-state index contributed by atoms with van der Waals surface area (Å²) in [6.45, 7) is 1.94. The number of nitrogens with one attached hydrogen (secondary N) is 1. The lowest BCUT2D eigenvalue weighted by Gasteiger charge is -2.06. The molecule has 0 aliphatic rings. The summed E-state index contributed by atoms with van der Waals surface area (Å²) in [5, 5.41) is 4.75. The van der Waals surface area contributed by atoms with Crippen LogP contribution in [0.4, 0.5) is 5.82 Å². The van der Waals surface area contributed by atoms with Crippen molar-refractivity contribution in [1.29, 1.82) is 0 Å². The maximum Gasteiger partial charge on any atom is 0.163 e. The third-order valence-corrected chi connectivity index (χ3v) is 4.24. The molecular formula is C18H14ClIN4. The molecule has 1 heterocycles. The Kier molecular flexibility index (Phi) is 5.42. The molecule has 0 bridgehead atoms. The van der Waals surface area contributed by atoms with Gasteiger partial charge in [0.05, 0.1) is 5.71 Å². The monoisotopic (exact) mass is 448 g/mol. The number of nitrogens with zero attached hydrogens (tertiary/aromatic N) is 3. The number of rotatable bonds is 4. The molecular weight excluding hydrogens is 435 g/mol. The average Bonchev–Trinajstić information content (AvgIpc) is 2.60. The smallest absolute Gasteiger partial charge is 0.163 e. The van der Waals surface area contributed by atoms with Gasteiger partial charge in [0.2, 0.25) is 0 Å². The van der Waals surface area contributed by atoms with Crippen molar-refractivity contribution in [2.75, 3.05) is 5.43 Å². The van der Waals surface area contributed by atoms with Crippen molar-refractivity contribution in [3.63, 3.8) is 0 Å². The fraction of sp³-hybridized carbons (Fsp3) is 0.0556. The average molecular weight is 449 g/mol. The van der Waals surface area contributed by atoms with Crippen LogP contribution in [0.15, 0.2) is 65.8 Å². The van der Waals surface area contributed by atoms with Crippen molar-refractivity contribution >= 4 is 45.7 Å². The predicted octanol–water partition coefficient (Wildman–Crippen LogP) is 5.24. The molecule has 0 amide bonds. The SMILES string of the molecule is CC(=NNc1cc(Cl)nc(-c2ccccc2)n1)c1ccc(I)cc1. The van der Waals surface area contributed by atoms with E-state index in [4.69, 9.17) is 11.6 Å². The van der Waals surface area contributed by atoms with Gasteiger partial charge in [0, 0.05) is 15.2 Å². The van der Waals surface area contributed by atoms with Crippen molar-refractivity contribution in [3.8, 4) is 11.4 Å². The Hall–Kier alpha value is -1.99. The zero-order valence-corrected chi connectivity index (χ0v) is 15.8. The van der Waals surface area contributed by atoms with Gasteiger partial charge >= 0.3 is 0 Å². The first-order valence-electron chi connectivity index (χ1n) is 7.28. The third-order valence-electron chi connectivity index (χ3n) is 3.33. The summed E-state index contributed by atoms with van der Waals surface area (Å²) in [6, 6.07) is 19.5. The number of halogens is 2. The van der Waals surface area contributed by atoms with Crippen molar-refractivity contribution < 1.29 is 0 Å². The fourth-order valence-electron chi connectivity index (χ4n) is 2.09. The molecule has 0 aliphatic carbocycles. The number of aromatic nitrogens is 2. The molecule has 1 aromatic heterocycles. The Balaban J connectivity index is 1.84. The van der Waals surface area contributed by atoms with E-state index in [1.165, 1.54) is 3.57 Å². The molecule has 24 heavy (non-hydrogen) atoms. The highest BCUT2D eigenvalue weighted by atomic mass is 127. The van der Waals surface area contributed by atoms with E-state index in [1.807, 2.05) is 61.5 Å². The summed E-state index contributed by atoms with van der Waals surface area (Å²) in [5.41, 5.74) is 5.77. The van der Waals surface area contributed by atoms with Gasteiger partial charge < -0.3 is 0 Å². The first-order chi connectivity index (χ1) is 11.6. The Labute approximate surface area is 159 Å².